The molecule has 0 aliphatic carbocycles. The van der Waals surface area contributed by atoms with Crippen LogP contribution in [0.3, 0.4) is 0 Å². The Labute approximate surface area is 155 Å². The molecule has 0 atom stereocenters. The second kappa shape index (κ2) is 7.22. The molecule has 0 bridgehead atoms. The van der Waals surface area contributed by atoms with E-state index < -0.39 is 0 Å². The maximum Gasteiger partial charge on any atom is 0.142 e. The van der Waals surface area contributed by atoms with Gasteiger partial charge < -0.3 is 10.5 Å². The van der Waals surface area contributed by atoms with Crippen molar-refractivity contribution in [1.29, 1.82) is 0 Å². The number of hydrogen-bond donors (Lipinski definition) is 1. The van der Waals surface area contributed by atoms with Crippen LogP contribution in [0.5, 0.6) is 5.75 Å². The van der Waals surface area contributed by atoms with E-state index in [1.807, 2.05) is 6.07 Å². The molecule has 1 heterocycles. The van der Waals surface area contributed by atoms with Gasteiger partial charge in [0.05, 0.1) is 18.8 Å². The van der Waals surface area contributed by atoms with Crippen LogP contribution in [-0.4, -0.2) is 25.1 Å². The van der Waals surface area contributed by atoms with Crippen molar-refractivity contribution in [2.45, 2.75) is 12.0 Å². The molecule has 0 radical (unpaired) electrons. The molecule has 1 aliphatic heterocycles. The van der Waals surface area contributed by atoms with Gasteiger partial charge in [0.2, 0.25) is 0 Å². The summed E-state index contributed by atoms with van der Waals surface area (Å²) in [5.74, 6) is 1.28. The average Bonchev–Trinajstić information content (AvgIpc) is 2.66. The van der Waals surface area contributed by atoms with Gasteiger partial charge in [-0.1, -0.05) is 66.7 Å². The van der Waals surface area contributed by atoms with E-state index >= 15 is 0 Å². The predicted octanol–water partition coefficient (Wildman–Crippen LogP) is 4.47. The first-order valence-electron chi connectivity index (χ1n) is 9.03. The van der Waals surface area contributed by atoms with Crippen LogP contribution in [0.25, 0.3) is 0 Å². The zero-order chi connectivity index (χ0) is 17.9. The lowest BCUT2D eigenvalue weighted by atomic mass is 9.86. The fourth-order valence-corrected chi connectivity index (χ4v) is 3.80. The summed E-state index contributed by atoms with van der Waals surface area (Å²) in [6, 6.07) is 27.9. The Bertz CT molecular complexity index is 818. The number of anilines is 1. The topological polar surface area (TPSA) is 38.5 Å². The summed E-state index contributed by atoms with van der Waals surface area (Å²) in [5.41, 5.74) is 10.6. The van der Waals surface area contributed by atoms with Crippen LogP contribution in [0, 0.1) is 0 Å². The SMILES string of the molecule is COc1cc(C2CN(C(c3ccccc3)c3ccccc3)C2)ccc1N. The number of hydrogen-bond acceptors (Lipinski definition) is 3. The van der Waals surface area contributed by atoms with Gasteiger partial charge >= 0.3 is 0 Å². The van der Waals surface area contributed by atoms with Gasteiger partial charge in [0.1, 0.15) is 5.75 Å². The highest BCUT2D eigenvalue weighted by Crippen LogP contribution is 2.39. The van der Waals surface area contributed by atoms with Crippen molar-refractivity contribution < 1.29 is 4.74 Å². The lowest BCUT2D eigenvalue weighted by Crippen LogP contribution is -2.47. The number of likely N-dealkylation sites (tertiary alicyclic amines) is 1. The van der Waals surface area contributed by atoms with E-state index in [0.717, 1.165) is 18.8 Å². The van der Waals surface area contributed by atoms with Crippen LogP contribution in [-0.2, 0) is 0 Å². The summed E-state index contributed by atoms with van der Waals surface area (Å²) in [7, 11) is 1.67. The number of methoxy groups -OCH3 is 1. The van der Waals surface area contributed by atoms with E-state index in [1.54, 1.807) is 7.11 Å². The highest BCUT2D eigenvalue weighted by atomic mass is 16.5. The third kappa shape index (κ3) is 3.18. The van der Waals surface area contributed by atoms with Crippen molar-refractivity contribution in [3.05, 3.63) is 95.6 Å². The molecule has 1 saturated heterocycles. The molecule has 2 N–H and O–H groups in total. The van der Waals surface area contributed by atoms with E-state index in [1.165, 1.54) is 16.7 Å². The van der Waals surface area contributed by atoms with Crippen molar-refractivity contribution >= 4 is 5.69 Å². The van der Waals surface area contributed by atoms with E-state index in [-0.39, 0.29) is 0 Å². The molecule has 0 amide bonds. The summed E-state index contributed by atoms with van der Waals surface area (Å²) < 4.78 is 5.38. The lowest BCUT2D eigenvalue weighted by Gasteiger charge is -2.45. The van der Waals surface area contributed by atoms with Crippen LogP contribution in [0.1, 0.15) is 28.7 Å². The highest BCUT2D eigenvalue weighted by molar-refractivity contribution is 5.54. The van der Waals surface area contributed by atoms with Crippen LogP contribution in [0.4, 0.5) is 5.69 Å². The van der Waals surface area contributed by atoms with E-state index in [9.17, 15) is 0 Å². The average molecular weight is 344 g/mol. The zero-order valence-electron chi connectivity index (χ0n) is 15.0. The monoisotopic (exact) mass is 344 g/mol. The minimum atomic E-state index is 0.296. The fraction of sp³-hybridized carbons (Fsp3) is 0.217. The van der Waals surface area contributed by atoms with E-state index in [4.69, 9.17) is 10.5 Å². The Morgan fingerprint density at radius 1 is 0.885 bits per heavy atom. The molecule has 132 valence electrons. The van der Waals surface area contributed by atoms with Crippen LogP contribution < -0.4 is 10.5 Å². The number of nitrogens with zero attached hydrogens (tertiary/aromatic N) is 1. The molecule has 1 fully saturated rings. The number of benzene rings is 3. The molecule has 0 spiro atoms. The molecule has 26 heavy (non-hydrogen) atoms. The molecule has 0 aromatic heterocycles. The first-order chi connectivity index (χ1) is 12.8. The lowest BCUT2D eigenvalue weighted by molar-refractivity contribution is 0.111. The molecule has 3 heteroatoms. The Morgan fingerprint density at radius 3 is 2.00 bits per heavy atom. The summed E-state index contributed by atoms with van der Waals surface area (Å²) in [5, 5.41) is 0. The smallest absolute Gasteiger partial charge is 0.142 e. The third-order valence-electron chi connectivity index (χ3n) is 5.23. The second-order valence-electron chi connectivity index (χ2n) is 6.88. The maximum absolute atomic E-state index is 5.95. The Balaban J connectivity index is 1.56. The third-order valence-corrected chi connectivity index (χ3v) is 5.23. The van der Waals surface area contributed by atoms with Crippen molar-refractivity contribution in [3.63, 3.8) is 0 Å². The first kappa shape index (κ1) is 16.7. The number of nitrogen functional groups attached to an aromatic ring is 1. The summed E-state index contributed by atoms with van der Waals surface area (Å²) in [6.45, 7) is 2.06. The largest absolute Gasteiger partial charge is 0.495 e. The predicted molar refractivity (Wildman–Crippen MR) is 106 cm³/mol. The van der Waals surface area contributed by atoms with Gasteiger partial charge in [-0.15, -0.1) is 0 Å². The Morgan fingerprint density at radius 2 is 1.46 bits per heavy atom. The molecule has 0 unspecified atom stereocenters. The standard InChI is InChI=1S/C23H24N2O/c1-26-22-14-19(12-13-21(22)24)20-15-25(16-20)23(17-8-4-2-5-9-17)18-10-6-3-7-11-18/h2-14,20,23H,15-16,24H2,1H3. The van der Waals surface area contributed by atoms with Gasteiger partial charge in [-0.3, -0.25) is 4.90 Å². The van der Waals surface area contributed by atoms with Gasteiger partial charge in [0.25, 0.3) is 0 Å². The fourth-order valence-electron chi connectivity index (χ4n) is 3.80. The Kier molecular flexibility index (Phi) is 4.63. The molecule has 0 saturated carbocycles. The molecule has 4 rings (SSSR count). The number of rotatable bonds is 5. The quantitative estimate of drug-likeness (QED) is 0.694. The van der Waals surface area contributed by atoms with Gasteiger partial charge in [-0.25, -0.2) is 0 Å². The minimum absolute atomic E-state index is 0.296. The zero-order valence-corrected chi connectivity index (χ0v) is 15.0. The van der Waals surface area contributed by atoms with Crippen molar-refractivity contribution in [3.8, 4) is 5.75 Å². The van der Waals surface area contributed by atoms with Crippen molar-refractivity contribution in [2.24, 2.45) is 0 Å². The van der Waals surface area contributed by atoms with Gasteiger partial charge in [0, 0.05) is 19.0 Å². The molecule has 3 aromatic carbocycles. The van der Waals surface area contributed by atoms with Crippen LogP contribution >= 0.6 is 0 Å². The second-order valence-corrected chi connectivity index (χ2v) is 6.88. The van der Waals surface area contributed by atoms with Gasteiger partial charge in [-0.2, -0.15) is 0 Å². The van der Waals surface area contributed by atoms with Crippen molar-refractivity contribution in [2.75, 3.05) is 25.9 Å². The molecule has 3 nitrogen and oxygen atoms in total. The molecule has 1 aliphatic rings. The Hall–Kier alpha value is -2.78. The summed E-state index contributed by atoms with van der Waals surface area (Å²) in [4.78, 5) is 2.54. The molecule has 3 aromatic rings. The summed E-state index contributed by atoms with van der Waals surface area (Å²) >= 11 is 0. The van der Waals surface area contributed by atoms with E-state index in [2.05, 4.69) is 77.7 Å². The summed E-state index contributed by atoms with van der Waals surface area (Å²) in [6.07, 6.45) is 0. The number of ether oxygens (including phenoxy) is 1. The van der Waals surface area contributed by atoms with Crippen molar-refractivity contribution in [1.82, 2.24) is 4.90 Å². The van der Waals surface area contributed by atoms with Crippen LogP contribution in [0.15, 0.2) is 78.9 Å². The first-order valence-corrected chi connectivity index (χ1v) is 9.03. The van der Waals surface area contributed by atoms with Crippen LogP contribution in [0.2, 0.25) is 0 Å². The normalized spacial score (nSPS) is 15.0. The molecular weight excluding hydrogens is 320 g/mol. The van der Waals surface area contributed by atoms with E-state index in [0.29, 0.717) is 17.6 Å². The minimum Gasteiger partial charge on any atom is -0.495 e. The maximum atomic E-state index is 5.95. The van der Waals surface area contributed by atoms with Gasteiger partial charge in [-0.05, 0) is 28.8 Å². The number of nitrogens with two attached hydrogens (primary N) is 1. The van der Waals surface area contributed by atoms with Gasteiger partial charge in [0.15, 0.2) is 0 Å². The molecular formula is C23H24N2O. The highest BCUT2D eigenvalue weighted by Gasteiger charge is 2.34.